The van der Waals surface area contributed by atoms with Crippen LogP contribution >= 0.6 is 0 Å². The molecule has 0 aromatic carbocycles. The quantitative estimate of drug-likeness (QED) is 0.921. The molecule has 0 spiro atoms. The van der Waals surface area contributed by atoms with Crippen molar-refractivity contribution in [2.24, 2.45) is 0 Å². The average molecular weight is 276 g/mol. The van der Waals surface area contributed by atoms with Crippen LogP contribution in [0.4, 0.5) is 0 Å². The van der Waals surface area contributed by atoms with Crippen molar-refractivity contribution in [2.45, 2.75) is 70.6 Å². The molecule has 4 nitrogen and oxygen atoms in total. The molecule has 0 radical (unpaired) electrons. The van der Waals surface area contributed by atoms with Crippen molar-refractivity contribution in [2.75, 3.05) is 13.1 Å². The van der Waals surface area contributed by atoms with Gasteiger partial charge in [0.2, 0.25) is 0 Å². The normalized spacial score (nSPS) is 27.8. The summed E-state index contributed by atoms with van der Waals surface area (Å²) in [6.07, 6.45) is 9.42. The molecular weight excluding hydrogens is 248 g/mol. The number of imidazole rings is 1. The number of hydrogen-bond acceptors (Lipinski definition) is 3. The molecule has 2 fully saturated rings. The maximum absolute atomic E-state index is 4.39. The monoisotopic (exact) mass is 276 g/mol. The SMILES string of the molecule is CC(C)(C)NCc1cncn1C1CCN2CCCC2C1. The topological polar surface area (TPSA) is 33.1 Å². The summed E-state index contributed by atoms with van der Waals surface area (Å²) in [5, 5.41) is 3.58. The standard InChI is InChI=1S/C16H28N4/c1-16(2,3)18-11-15-10-17-12-20(15)14-6-8-19-7-4-5-13(19)9-14/h10,12-14,18H,4-9,11H2,1-3H3. The minimum absolute atomic E-state index is 0.157. The highest BCUT2D eigenvalue weighted by Gasteiger charge is 2.32. The molecule has 0 amide bonds. The van der Waals surface area contributed by atoms with Gasteiger partial charge in [0.25, 0.3) is 0 Å². The number of hydrogen-bond donors (Lipinski definition) is 1. The number of nitrogens with zero attached hydrogens (tertiary/aromatic N) is 3. The molecule has 2 saturated heterocycles. The molecule has 112 valence electrons. The maximum Gasteiger partial charge on any atom is 0.0951 e. The summed E-state index contributed by atoms with van der Waals surface area (Å²) in [4.78, 5) is 7.07. The summed E-state index contributed by atoms with van der Waals surface area (Å²) in [6.45, 7) is 10.1. The van der Waals surface area contributed by atoms with Crippen molar-refractivity contribution in [3.63, 3.8) is 0 Å². The van der Waals surface area contributed by atoms with Gasteiger partial charge in [0.15, 0.2) is 0 Å². The molecule has 2 aliphatic heterocycles. The van der Waals surface area contributed by atoms with Gasteiger partial charge in [-0.15, -0.1) is 0 Å². The number of fused-ring (bicyclic) bond motifs is 1. The van der Waals surface area contributed by atoms with Crippen LogP contribution in [0.5, 0.6) is 0 Å². The Labute approximate surface area is 122 Å². The van der Waals surface area contributed by atoms with Gasteiger partial charge < -0.3 is 14.8 Å². The summed E-state index contributed by atoms with van der Waals surface area (Å²) < 4.78 is 2.42. The third-order valence-corrected chi connectivity index (χ3v) is 4.73. The summed E-state index contributed by atoms with van der Waals surface area (Å²) in [5.74, 6) is 0. The smallest absolute Gasteiger partial charge is 0.0951 e. The van der Waals surface area contributed by atoms with E-state index in [9.17, 15) is 0 Å². The summed E-state index contributed by atoms with van der Waals surface area (Å²) >= 11 is 0. The fraction of sp³-hybridized carbons (Fsp3) is 0.812. The van der Waals surface area contributed by atoms with E-state index in [1.54, 1.807) is 0 Å². The Kier molecular flexibility index (Phi) is 3.87. The lowest BCUT2D eigenvalue weighted by Crippen LogP contribution is -2.39. The number of aromatic nitrogens is 2. The van der Waals surface area contributed by atoms with Gasteiger partial charge in [-0.1, -0.05) is 0 Å². The van der Waals surface area contributed by atoms with Gasteiger partial charge in [0.1, 0.15) is 0 Å². The molecule has 3 heterocycles. The zero-order valence-electron chi connectivity index (χ0n) is 13.1. The van der Waals surface area contributed by atoms with E-state index in [2.05, 4.69) is 40.5 Å². The van der Waals surface area contributed by atoms with Crippen molar-refractivity contribution < 1.29 is 0 Å². The molecule has 0 bridgehead atoms. The van der Waals surface area contributed by atoms with E-state index in [0.717, 1.165) is 12.6 Å². The Bertz CT molecular complexity index is 446. The molecule has 1 aromatic heterocycles. The Morgan fingerprint density at radius 3 is 2.90 bits per heavy atom. The van der Waals surface area contributed by atoms with E-state index in [-0.39, 0.29) is 5.54 Å². The molecular formula is C16H28N4. The van der Waals surface area contributed by atoms with Crippen LogP contribution in [0.3, 0.4) is 0 Å². The number of piperidine rings is 1. The second kappa shape index (κ2) is 5.49. The van der Waals surface area contributed by atoms with Gasteiger partial charge in [0, 0.05) is 36.9 Å². The summed E-state index contributed by atoms with van der Waals surface area (Å²) in [6, 6.07) is 1.47. The van der Waals surface area contributed by atoms with Gasteiger partial charge in [-0.25, -0.2) is 4.98 Å². The Balaban J connectivity index is 1.66. The van der Waals surface area contributed by atoms with E-state index >= 15 is 0 Å². The third-order valence-electron chi connectivity index (χ3n) is 4.73. The van der Waals surface area contributed by atoms with E-state index in [0.29, 0.717) is 6.04 Å². The minimum Gasteiger partial charge on any atom is -0.330 e. The fourth-order valence-electron chi connectivity index (χ4n) is 3.61. The zero-order valence-corrected chi connectivity index (χ0v) is 13.1. The van der Waals surface area contributed by atoms with Crippen molar-refractivity contribution in [3.8, 4) is 0 Å². The van der Waals surface area contributed by atoms with Crippen LogP contribution in [0.1, 0.15) is 58.2 Å². The van der Waals surface area contributed by atoms with Crippen LogP contribution in [0.25, 0.3) is 0 Å². The van der Waals surface area contributed by atoms with Gasteiger partial charge >= 0.3 is 0 Å². The van der Waals surface area contributed by atoms with Crippen LogP contribution < -0.4 is 5.32 Å². The summed E-state index contributed by atoms with van der Waals surface area (Å²) in [5.41, 5.74) is 1.49. The predicted octanol–water partition coefficient (Wildman–Crippen LogP) is 2.57. The van der Waals surface area contributed by atoms with E-state index < -0.39 is 0 Å². The second-order valence-corrected chi connectivity index (χ2v) is 7.41. The predicted molar refractivity (Wildman–Crippen MR) is 81.7 cm³/mol. The minimum atomic E-state index is 0.157. The first-order valence-electron chi connectivity index (χ1n) is 8.03. The highest BCUT2D eigenvalue weighted by atomic mass is 15.2. The van der Waals surface area contributed by atoms with Crippen molar-refractivity contribution in [1.82, 2.24) is 19.8 Å². The highest BCUT2D eigenvalue weighted by molar-refractivity contribution is 5.03. The van der Waals surface area contributed by atoms with Crippen molar-refractivity contribution in [1.29, 1.82) is 0 Å². The van der Waals surface area contributed by atoms with Crippen LogP contribution in [0.15, 0.2) is 12.5 Å². The molecule has 2 unspecified atom stereocenters. The molecule has 0 saturated carbocycles. The fourth-order valence-corrected chi connectivity index (χ4v) is 3.61. The molecule has 1 N–H and O–H groups in total. The molecule has 2 aliphatic rings. The molecule has 0 aliphatic carbocycles. The molecule has 4 heteroatoms. The van der Waals surface area contributed by atoms with Crippen LogP contribution in [-0.2, 0) is 6.54 Å². The zero-order chi connectivity index (χ0) is 14.2. The summed E-state index contributed by atoms with van der Waals surface area (Å²) in [7, 11) is 0. The van der Waals surface area contributed by atoms with Crippen LogP contribution in [0, 0.1) is 0 Å². The number of nitrogens with one attached hydrogen (secondary N) is 1. The van der Waals surface area contributed by atoms with Crippen molar-refractivity contribution >= 4 is 0 Å². The van der Waals surface area contributed by atoms with Gasteiger partial charge in [0.05, 0.1) is 12.0 Å². The first-order chi connectivity index (χ1) is 9.53. The number of rotatable bonds is 3. The average Bonchev–Trinajstić information content (AvgIpc) is 3.03. The Morgan fingerprint density at radius 1 is 1.25 bits per heavy atom. The van der Waals surface area contributed by atoms with E-state index in [1.807, 2.05) is 12.5 Å². The molecule has 1 aromatic rings. The van der Waals surface area contributed by atoms with Gasteiger partial charge in [-0.3, -0.25) is 0 Å². The lowest BCUT2D eigenvalue weighted by atomic mass is 9.97. The Hall–Kier alpha value is -0.870. The lowest BCUT2D eigenvalue weighted by molar-refractivity contribution is 0.153. The molecule has 2 atom stereocenters. The molecule has 20 heavy (non-hydrogen) atoms. The molecule has 3 rings (SSSR count). The highest BCUT2D eigenvalue weighted by Crippen LogP contribution is 2.33. The third kappa shape index (κ3) is 3.07. The van der Waals surface area contributed by atoms with Crippen LogP contribution in [-0.4, -0.2) is 39.1 Å². The van der Waals surface area contributed by atoms with E-state index in [1.165, 1.54) is 44.5 Å². The van der Waals surface area contributed by atoms with E-state index in [4.69, 9.17) is 0 Å². The second-order valence-electron chi connectivity index (χ2n) is 7.41. The largest absolute Gasteiger partial charge is 0.330 e. The first-order valence-corrected chi connectivity index (χ1v) is 8.03. The van der Waals surface area contributed by atoms with Crippen molar-refractivity contribution in [3.05, 3.63) is 18.2 Å². The van der Waals surface area contributed by atoms with Gasteiger partial charge in [-0.2, -0.15) is 0 Å². The maximum atomic E-state index is 4.39. The Morgan fingerprint density at radius 2 is 2.10 bits per heavy atom. The first kappa shape index (κ1) is 14.1. The van der Waals surface area contributed by atoms with Gasteiger partial charge in [-0.05, 0) is 53.0 Å². The van der Waals surface area contributed by atoms with Crippen LogP contribution in [0.2, 0.25) is 0 Å². The lowest BCUT2D eigenvalue weighted by Gasteiger charge is -2.36.